The van der Waals surface area contributed by atoms with Crippen molar-refractivity contribution in [3.63, 3.8) is 0 Å². The summed E-state index contributed by atoms with van der Waals surface area (Å²) in [6, 6.07) is 14.2. The van der Waals surface area contributed by atoms with E-state index in [1.165, 1.54) is 11.1 Å². The number of amides is 1. The van der Waals surface area contributed by atoms with Crippen molar-refractivity contribution in [3.8, 4) is 11.3 Å². The highest BCUT2D eigenvalue weighted by Gasteiger charge is 2.29. The first-order valence-corrected chi connectivity index (χ1v) is 11.3. The van der Waals surface area contributed by atoms with Crippen LogP contribution in [0.15, 0.2) is 42.5 Å². The van der Waals surface area contributed by atoms with Crippen molar-refractivity contribution < 1.29 is 14.3 Å². The van der Waals surface area contributed by atoms with Crippen LogP contribution >= 0.6 is 0 Å². The molecule has 2 heterocycles. The van der Waals surface area contributed by atoms with E-state index in [-0.39, 0.29) is 17.8 Å². The third-order valence-electron chi connectivity index (χ3n) is 6.40. The summed E-state index contributed by atoms with van der Waals surface area (Å²) in [5, 5.41) is 0.870. The minimum atomic E-state index is -0.151. The van der Waals surface area contributed by atoms with Crippen LogP contribution in [0.4, 0.5) is 0 Å². The van der Waals surface area contributed by atoms with Gasteiger partial charge in [-0.3, -0.25) is 9.59 Å². The number of aromatic nitrogens is 1. The van der Waals surface area contributed by atoms with Gasteiger partial charge in [0.25, 0.3) is 5.91 Å². The quantitative estimate of drug-likeness (QED) is 0.531. The van der Waals surface area contributed by atoms with Crippen LogP contribution in [0.25, 0.3) is 22.2 Å². The molecule has 0 bridgehead atoms. The topological polar surface area (TPSA) is 59.5 Å². The fourth-order valence-electron chi connectivity index (χ4n) is 4.31. The summed E-state index contributed by atoms with van der Waals surface area (Å²) in [4.78, 5) is 32.4. The maximum absolute atomic E-state index is 13.6. The average molecular weight is 431 g/mol. The van der Waals surface area contributed by atoms with Crippen LogP contribution in [0.5, 0.6) is 0 Å². The third-order valence-corrected chi connectivity index (χ3v) is 6.40. The molecule has 3 aromatic rings. The van der Waals surface area contributed by atoms with Crippen LogP contribution in [-0.4, -0.2) is 41.5 Å². The number of rotatable bonds is 4. The molecule has 5 heteroatoms. The number of likely N-dealkylation sites (tertiary alicyclic amines) is 1. The third kappa shape index (κ3) is 4.38. The molecule has 1 aliphatic rings. The monoisotopic (exact) mass is 430 g/mol. The number of hydrogen-bond donors (Lipinski definition) is 0. The van der Waals surface area contributed by atoms with Gasteiger partial charge in [-0.05, 0) is 75.9 Å². The SMILES string of the molecule is CCOC(=O)C1CCN(C(=O)c2cc(-c3ccc(C)c(C)c3)nc3ccc(C)cc23)CC1. The zero-order valence-corrected chi connectivity index (χ0v) is 19.3. The number of fused-ring (bicyclic) bond motifs is 1. The second-order valence-electron chi connectivity index (χ2n) is 8.69. The van der Waals surface area contributed by atoms with Crippen molar-refractivity contribution in [3.05, 3.63) is 64.7 Å². The van der Waals surface area contributed by atoms with Gasteiger partial charge in [0.2, 0.25) is 0 Å². The smallest absolute Gasteiger partial charge is 0.309 e. The lowest BCUT2D eigenvalue weighted by Crippen LogP contribution is -2.40. The lowest BCUT2D eigenvalue weighted by Gasteiger charge is -2.31. The van der Waals surface area contributed by atoms with Crippen LogP contribution in [0, 0.1) is 26.7 Å². The molecular weight excluding hydrogens is 400 g/mol. The average Bonchev–Trinajstić information content (AvgIpc) is 2.80. The van der Waals surface area contributed by atoms with Gasteiger partial charge in [-0.2, -0.15) is 0 Å². The highest BCUT2D eigenvalue weighted by molar-refractivity contribution is 6.07. The van der Waals surface area contributed by atoms with Gasteiger partial charge in [0, 0.05) is 24.0 Å². The molecule has 32 heavy (non-hydrogen) atoms. The molecule has 1 amide bonds. The van der Waals surface area contributed by atoms with Crippen LogP contribution in [0.3, 0.4) is 0 Å². The summed E-state index contributed by atoms with van der Waals surface area (Å²) in [6.07, 6.45) is 1.27. The summed E-state index contributed by atoms with van der Waals surface area (Å²) in [5.41, 5.74) is 6.80. The van der Waals surface area contributed by atoms with E-state index in [4.69, 9.17) is 9.72 Å². The van der Waals surface area contributed by atoms with E-state index in [0.717, 1.165) is 27.7 Å². The molecule has 5 nitrogen and oxygen atoms in total. The molecule has 1 aliphatic heterocycles. The number of carbonyl (C=O) groups excluding carboxylic acids is 2. The number of ether oxygens (including phenoxy) is 1. The second kappa shape index (κ2) is 9.11. The number of benzene rings is 2. The molecule has 0 N–H and O–H groups in total. The number of esters is 1. The molecule has 0 spiro atoms. The molecule has 1 fully saturated rings. The first kappa shape index (κ1) is 22.0. The number of piperidine rings is 1. The van der Waals surface area contributed by atoms with Crippen LogP contribution in [0.1, 0.15) is 46.8 Å². The van der Waals surface area contributed by atoms with Gasteiger partial charge >= 0.3 is 5.97 Å². The van der Waals surface area contributed by atoms with Crippen LogP contribution in [0.2, 0.25) is 0 Å². The molecule has 0 atom stereocenters. The molecule has 0 aliphatic carbocycles. The van der Waals surface area contributed by atoms with Gasteiger partial charge in [0.1, 0.15) is 0 Å². The van der Waals surface area contributed by atoms with E-state index in [0.29, 0.717) is 38.1 Å². The molecule has 1 aromatic heterocycles. The Labute approximate surface area is 189 Å². The van der Waals surface area contributed by atoms with Crippen molar-refractivity contribution in [2.75, 3.05) is 19.7 Å². The van der Waals surface area contributed by atoms with E-state index < -0.39 is 0 Å². The number of carbonyl (C=O) groups is 2. The van der Waals surface area contributed by atoms with Crippen molar-refractivity contribution >= 4 is 22.8 Å². The lowest BCUT2D eigenvalue weighted by atomic mass is 9.95. The van der Waals surface area contributed by atoms with Crippen molar-refractivity contribution in [1.82, 2.24) is 9.88 Å². The van der Waals surface area contributed by atoms with E-state index in [9.17, 15) is 9.59 Å². The predicted octanol–water partition coefficient (Wildman–Crippen LogP) is 5.24. The van der Waals surface area contributed by atoms with E-state index in [2.05, 4.69) is 32.0 Å². The molecule has 0 saturated carbocycles. The van der Waals surface area contributed by atoms with Gasteiger partial charge in [-0.1, -0.05) is 23.8 Å². The van der Waals surface area contributed by atoms with Gasteiger partial charge in [-0.25, -0.2) is 4.98 Å². The summed E-state index contributed by atoms with van der Waals surface area (Å²) >= 11 is 0. The van der Waals surface area contributed by atoms with Crippen molar-refractivity contribution in [2.45, 2.75) is 40.5 Å². The standard InChI is InChI=1S/C27H30N2O3/c1-5-32-27(31)20-10-12-29(13-11-20)26(30)23-16-25(21-8-7-18(3)19(4)15-21)28-24-9-6-17(2)14-22(23)24/h6-9,14-16,20H,5,10-13H2,1-4H3. The number of pyridine rings is 1. The Hall–Kier alpha value is -3.21. The Morgan fingerprint density at radius 3 is 2.44 bits per heavy atom. The largest absolute Gasteiger partial charge is 0.466 e. The van der Waals surface area contributed by atoms with Gasteiger partial charge in [0.15, 0.2) is 0 Å². The zero-order valence-electron chi connectivity index (χ0n) is 19.3. The van der Waals surface area contributed by atoms with Gasteiger partial charge in [0.05, 0.1) is 29.3 Å². The maximum Gasteiger partial charge on any atom is 0.309 e. The minimum absolute atomic E-state index is 0.00427. The Morgan fingerprint density at radius 1 is 1.00 bits per heavy atom. The first-order chi connectivity index (χ1) is 15.4. The highest BCUT2D eigenvalue weighted by atomic mass is 16.5. The number of hydrogen-bond acceptors (Lipinski definition) is 4. The first-order valence-electron chi connectivity index (χ1n) is 11.3. The van der Waals surface area contributed by atoms with Crippen molar-refractivity contribution in [1.29, 1.82) is 0 Å². The molecular formula is C27H30N2O3. The Balaban J connectivity index is 1.69. The minimum Gasteiger partial charge on any atom is -0.466 e. The van der Waals surface area contributed by atoms with E-state index >= 15 is 0 Å². The Bertz CT molecular complexity index is 1180. The summed E-state index contributed by atoms with van der Waals surface area (Å²) in [7, 11) is 0. The molecule has 0 unspecified atom stereocenters. The number of aryl methyl sites for hydroxylation is 3. The summed E-state index contributed by atoms with van der Waals surface area (Å²) in [5.74, 6) is -0.279. The van der Waals surface area contributed by atoms with Gasteiger partial charge < -0.3 is 9.64 Å². The molecule has 4 rings (SSSR count). The molecule has 2 aromatic carbocycles. The van der Waals surface area contributed by atoms with Crippen molar-refractivity contribution in [2.24, 2.45) is 5.92 Å². The Morgan fingerprint density at radius 2 is 1.75 bits per heavy atom. The lowest BCUT2D eigenvalue weighted by molar-refractivity contribution is -0.149. The molecule has 166 valence electrons. The highest BCUT2D eigenvalue weighted by Crippen LogP contribution is 2.29. The van der Waals surface area contributed by atoms with Crippen LogP contribution < -0.4 is 0 Å². The second-order valence-corrected chi connectivity index (χ2v) is 8.69. The fourth-order valence-corrected chi connectivity index (χ4v) is 4.31. The fraction of sp³-hybridized carbons (Fsp3) is 0.370. The summed E-state index contributed by atoms with van der Waals surface area (Å²) < 4.78 is 5.16. The van der Waals surface area contributed by atoms with E-state index in [1.807, 2.05) is 43.0 Å². The number of nitrogens with zero attached hydrogens (tertiary/aromatic N) is 2. The summed E-state index contributed by atoms with van der Waals surface area (Å²) in [6.45, 7) is 9.51. The Kier molecular flexibility index (Phi) is 6.26. The van der Waals surface area contributed by atoms with Gasteiger partial charge in [-0.15, -0.1) is 0 Å². The normalized spacial score (nSPS) is 14.6. The molecule has 0 radical (unpaired) electrons. The van der Waals surface area contributed by atoms with E-state index in [1.54, 1.807) is 0 Å². The maximum atomic E-state index is 13.6. The molecule has 1 saturated heterocycles. The zero-order chi connectivity index (χ0) is 22.8. The van der Waals surface area contributed by atoms with Crippen LogP contribution in [-0.2, 0) is 9.53 Å². The predicted molar refractivity (Wildman–Crippen MR) is 127 cm³/mol.